The van der Waals surface area contributed by atoms with Gasteiger partial charge in [-0.05, 0) is 13.8 Å². The van der Waals surface area contributed by atoms with Gasteiger partial charge in [-0.3, -0.25) is 9.69 Å². The monoisotopic (exact) mass is 212 g/mol. The van der Waals surface area contributed by atoms with Crippen molar-refractivity contribution in [2.75, 3.05) is 19.6 Å². The predicted molar refractivity (Wildman–Crippen MR) is 59.9 cm³/mol. The van der Waals surface area contributed by atoms with E-state index in [1.807, 2.05) is 6.08 Å². The molecule has 1 aliphatic rings. The molecule has 1 aliphatic heterocycles. The first-order valence-electron chi connectivity index (χ1n) is 5.27. The fourth-order valence-electron chi connectivity index (χ4n) is 2.17. The summed E-state index contributed by atoms with van der Waals surface area (Å²) in [5.41, 5.74) is -0.00738. The molecule has 1 rings (SSSR count). The number of hydrogen-bond donors (Lipinski definition) is 2. The van der Waals surface area contributed by atoms with Gasteiger partial charge >= 0.3 is 5.97 Å². The lowest BCUT2D eigenvalue weighted by Crippen LogP contribution is -2.63. The molecule has 1 saturated heterocycles. The first-order valence-corrected chi connectivity index (χ1v) is 5.27. The third-order valence-corrected chi connectivity index (χ3v) is 2.89. The Morgan fingerprint density at radius 2 is 2.40 bits per heavy atom. The maximum atomic E-state index is 10.7. The summed E-state index contributed by atoms with van der Waals surface area (Å²) in [6.07, 6.45) is 2.02. The van der Waals surface area contributed by atoms with Gasteiger partial charge in [0.1, 0.15) is 0 Å². The van der Waals surface area contributed by atoms with Gasteiger partial charge in [0, 0.05) is 31.2 Å². The highest BCUT2D eigenvalue weighted by Gasteiger charge is 2.36. The van der Waals surface area contributed by atoms with Crippen LogP contribution in [0.1, 0.15) is 20.3 Å². The first kappa shape index (κ1) is 12.2. The van der Waals surface area contributed by atoms with Crippen LogP contribution in [0.15, 0.2) is 12.7 Å². The summed E-state index contributed by atoms with van der Waals surface area (Å²) >= 11 is 0. The van der Waals surface area contributed by atoms with E-state index in [-0.39, 0.29) is 18.0 Å². The second-order valence-electron chi connectivity index (χ2n) is 4.64. The van der Waals surface area contributed by atoms with Gasteiger partial charge in [-0.15, -0.1) is 6.58 Å². The molecule has 1 atom stereocenters. The predicted octanol–water partition coefficient (Wildman–Crippen LogP) is 0.700. The molecule has 0 aromatic rings. The number of piperazine rings is 1. The highest BCUT2D eigenvalue weighted by atomic mass is 16.4. The maximum Gasteiger partial charge on any atom is 0.304 e. The Bertz CT molecular complexity index is 251. The fourth-order valence-corrected chi connectivity index (χ4v) is 2.17. The molecule has 1 heterocycles. The Morgan fingerprint density at radius 3 is 2.93 bits per heavy atom. The Morgan fingerprint density at radius 1 is 1.73 bits per heavy atom. The van der Waals surface area contributed by atoms with Crippen molar-refractivity contribution >= 4 is 5.97 Å². The van der Waals surface area contributed by atoms with Crippen molar-refractivity contribution in [1.82, 2.24) is 10.2 Å². The molecule has 2 N–H and O–H groups in total. The SMILES string of the molecule is C=CCN1C(CC(=O)O)CNCC1(C)C. The quantitative estimate of drug-likeness (QED) is 0.674. The largest absolute Gasteiger partial charge is 0.481 e. The van der Waals surface area contributed by atoms with E-state index in [1.165, 1.54) is 0 Å². The molecule has 1 fully saturated rings. The van der Waals surface area contributed by atoms with E-state index in [4.69, 9.17) is 5.11 Å². The van der Waals surface area contributed by atoms with Crippen molar-refractivity contribution in [2.24, 2.45) is 0 Å². The Hall–Kier alpha value is -0.870. The van der Waals surface area contributed by atoms with Crippen LogP contribution in [0.2, 0.25) is 0 Å². The number of nitrogens with one attached hydrogen (secondary N) is 1. The zero-order valence-electron chi connectivity index (χ0n) is 9.49. The first-order chi connectivity index (χ1) is 6.97. The number of carboxylic acid groups (broad SMARTS) is 1. The number of carboxylic acids is 1. The number of rotatable bonds is 4. The van der Waals surface area contributed by atoms with Crippen molar-refractivity contribution in [3.8, 4) is 0 Å². The summed E-state index contributed by atoms with van der Waals surface area (Å²) in [4.78, 5) is 13.0. The average molecular weight is 212 g/mol. The highest BCUT2D eigenvalue weighted by Crippen LogP contribution is 2.22. The molecule has 0 spiro atoms. The van der Waals surface area contributed by atoms with E-state index >= 15 is 0 Å². The van der Waals surface area contributed by atoms with Crippen LogP contribution in [-0.4, -0.2) is 47.2 Å². The van der Waals surface area contributed by atoms with Gasteiger partial charge < -0.3 is 10.4 Å². The van der Waals surface area contributed by atoms with Gasteiger partial charge in [-0.25, -0.2) is 0 Å². The molecule has 0 aromatic heterocycles. The lowest BCUT2D eigenvalue weighted by atomic mass is 9.95. The minimum atomic E-state index is -0.742. The van der Waals surface area contributed by atoms with E-state index < -0.39 is 5.97 Å². The minimum absolute atomic E-state index is 0.00738. The van der Waals surface area contributed by atoms with Gasteiger partial charge in [-0.1, -0.05) is 6.08 Å². The number of hydrogen-bond acceptors (Lipinski definition) is 3. The second-order valence-corrected chi connectivity index (χ2v) is 4.64. The number of carbonyl (C=O) groups is 1. The molecule has 1 unspecified atom stereocenters. The van der Waals surface area contributed by atoms with Crippen LogP contribution in [0.5, 0.6) is 0 Å². The summed E-state index contributed by atoms with van der Waals surface area (Å²) < 4.78 is 0. The molecular weight excluding hydrogens is 192 g/mol. The smallest absolute Gasteiger partial charge is 0.304 e. The molecule has 0 aromatic carbocycles. The van der Waals surface area contributed by atoms with E-state index in [0.29, 0.717) is 0 Å². The Balaban J connectivity index is 2.74. The molecule has 0 saturated carbocycles. The van der Waals surface area contributed by atoms with E-state index in [9.17, 15) is 4.79 Å². The summed E-state index contributed by atoms with van der Waals surface area (Å²) in [7, 11) is 0. The van der Waals surface area contributed by atoms with E-state index in [2.05, 4.69) is 30.6 Å². The van der Waals surface area contributed by atoms with Crippen LogP contribution in [0.4, 0.5) is 0 Å². The molecule has 0 radical (unpaired) electrons. The third kappa shape index (κ3) is 3.04. The van der Waals surface area contributed by atoms with Crippen LogP contribution in [0.25, 0.3) is 0 Å². The number of aliphatic carboxylic acids is 1. The molecule has 0 aliphatic carbocycles. The van der Waals surface area contributed by atoms with E-state index in [1.54, 1.807) is 0 Å². The molecule has 86 valence electrons. The molecule has 15 heavy (non-hydrogen) atoms. The van der Waals surface area contributed by atoms with Crippen molar-refractivity contribution in [3.05, 3.63) is 12.7 Å². The molecule has 4 heteroatoms. The Labute approximate surface area is 91.0 Å². The number of nitrogens with zero attached hydrogens (tertiary/aromatic N) is 1. The summed E-state index contributed by atoms with van der Waals surface area (Å²) in [5, 5.41) is 12.1. The molecule has 0 bridgehead atoms. The van der Waals surface area contributed by atoms with Crippen molar-refractivity contribution in [1.29, 1.82) is 0 Å². The molecule has 4 nitrogen and oxygen atoms in total. The van der Waals surface area contributed by atoms with Crippen LogP contribution in [-0.2, 0) is 4.79 Å². The molecule has 0 amide bonds. The van der Waals surface area contributed by atoms with Crippen molar-refractivity contribution < 1.29 is 9.90 Å². The zero-order chi connectivity index (χ0) is 11.5. The second kappa shape index (κ2) is 4.77. The topological polar surface area (TPSA) is 52.6 Å². The summed E-state index contributed by atoms with van der Waals surface area (Å²) in [6.45, 7) is 10.3. The van der Waals surface area contributed by atoms with Gasteiger partial charge in [0.15, 0.2) is 0 Å². The summed E-state index contributed by atoms with van der Waals surface area (Å²) in [5.74, 6) is -0.742. The van der Waals surface area contributed by atoms with Crippen LogP contribution in [0, 0.1) is 0 Å². The Kier molecular flexibility index (Phi) is 3.88. The minimum Gasteiger partial charge on any atom is -0.481 e. The fraction of sp³-hybridized carbons (Fsp3) is 0.727. The third-order valence-electron chi connectivity index (χ3n) is 2.89. The highest BCUT2D eigenvalue weighted by molar-refractivity contribution is 5.67. The zero-order valence-corrected chi connectivity index (χ0v) is 9.49. The van der Waals surface area contributed by atoms with Gasteiger partial charge in [-0.2, -0.15) is 0 Å². The summed E-state index contributed by atoms with van der Waals surface area (Å²) in [6, 6.07) is 0.0595. The van der Waals surface area contributed by atoms with Crippen LogP contribution in [0.3, 0.4) is 0 Å². The van der Waals surface area contributed by atoms with Crippen LogP contribution >= 0.6 is 0 Å². The average Bonchev–Trinajstić information content (AvgIpc) is 2.10. The van der Waals surface area contributed by atoms with Gasteiger partial charge in [0.25, 0.3) is 0 Å². The van der Waals surface area contributed by atoms with Gasteiger partial charge in [0.05, 0.1) is 6.42 Å². The lowest BCUT2D eigenvalue weighted by molar-refractivity contribution is -0.139. The maximum absolute atomic E-state index is 10.7. The van der Waals surface area contributed by atoms with Crippen LogP contribution < -0.4 is 5.32 Å². The molecular formula is C11H20N2O2. The van der Waals surface area contributed by atoms with Crippen molar-refractivity contribution in [3.63, 3.8) is 0 Å². The van der Waals surface area contributed by atoms with Gasteiger partial charge in [0.2, 0.25) is 0 Å². The normalized spacial score (nSPS) is 26.1. The lowest BCUT2D eigenvalue weighted by Gasteiger charge is -2.47. The standard InChI is InChI=1S/C11H20N2O2/c1-4-5-13-9(6-10(14)15)7-12-8-11(13,2)3/h4,9,12H,1,5-8H2,2-3H3,(H,14,15). The van der Waals surface area contributed by atoms with Crippen molar-refractivity contribution in [2.45, 2.75) is 31.8 Å². The van der Waals surface area contributed by atoms with E-state index in [0.717, 1.165) is 19.6 Å².